The maximum absolute atomic E-state index is 11.9. The molecule has 0 saturated carbocycles. The Balaban J connectivity index is 3.18. The van der Waals surface area contributed by atoms with Crippen LogP contribution in [0.5, 0.6) is 0 Å². The molecule has 0 saturated heterocycles. The van der Waals surface area contributed by atoms with E-state index in [2.05, 4.69) is 14.9 Å². The van der Waals surface area contributed by atoms with E-state index in [0.29, 0.717) is 11.3 Å². The first kappa shape index (κ1) is 13.1. The van der Waals surface area contributed by atoms with Crippen LogP contribution >= 0.6 is 0 Å². The molecule has 1 aromatic heterocycles. The molecule has 0 aliphatic carbocycles. The zero-order valence-electron chi connectivity index (χ0n) is 9.83. The van der Waals surface area contributed by atoms with Crippen molar-refractivity contribution in [2.24, 2.45) is 0 Å². The summed E-state index contributed by atoms with van der Waals surface area (Å²) in [5, 5.41) is 15.2. The Labute approximate surface area is 95.1 Å². The predicted molar refractivity (Wildman–Crippen MR) is 59.3 cm³/mol. The number of aryl methyl sites for hydroxylation is 1. The molecule has 92 valence electrons. The highest BCUT2D eigenvalue weighted by molar-refractivity contribution is 7.89. The molecule has 6 nitrogen and oxygen atoms in total. The van der Waals surface area contributed by atoms with Crippen LogP contribution < -0.4 is 4.72 Å². The number of sulfonamides is 1. The van der Waals surface area contributed by atoms with Crippen molar-refractivity contribution in [3.05, 3.63) is 11.3 Å². The van der Waals surface area contributed by atoms with Gasteiger partial charge in [0.2, 0.25) is 0 Å². The van der Waals surface area contributed by atoms with E-state index in [4.69, 9.17) is 5.11 Å². The second-order valence-corrected chi connectivity index (χ2v) is 6.24. The zero-order chi connectivity index (χ0) is 12.6. The average Bonchev–Trinajstić information content (AvgIpc) is 2.42. The van der Waals surface area contributed by atoms with Gasteiger partial charge >= 0.3 is 0 Å². The van der Waals surface area contributed by atoms with Gasteiger partial charge in [0.05, 0.1) is 6.61 Å². The molecule has 1 heterocycles. The molecule has 7 heteroatoms. The van der Waals surface area contributed by atoms with Crippen LogP contribution in [-0.2, 0) is 16.6 Å². The van der Waals surface area contributed by atoms with Crippen molar-refractivity contribution in [1.29, 1.82) is 0 Å². The quantitative estimate of drug-likeness (QED) is 0.715. The average molecular weight is 247 g/mol. The van der Waals surface area contributed by atoms with Gasteiger partial charge in [0.25, 0.3) is 10.0 Å². The molecule has 0 aliphatic heterocycles. The monoisotopic (exact) mass is 247 g/mol. The van der Waals surface area contributed by atoms with Crippen molar-refractivity contribution in [3.8, 4) is 0 Å². The summed E-state index contributed by atoms with van der Waals surface area (Å²) in [6, 6.07) is 0. The first-order valence-electron chi connectivity index (χ1n) is 4.86. The number of H-pyrrole nitrogens is 1. The van der Waals surface area contributed by atoms with Gasteiger partial charge in [0.1, 0.15) is 0 Å². The van der Waals surface area contributed by atoms with Crippen LogP contribution in [0, 0.1) is 6.92 Å². The first-order valence-corrected chi connectivity index (χ1v) is 6.34. The van der Waals surface area contributed by atoms with Crippen LogP contribution in [0.3, 0.4) is 0 Å². The van der Waals surface area contributed by atoms with Gasteiger partial charge < -0.3 is 5.11 Å². The molecule has 1 rings (SSSR count). The lowest BCUT2D eigenvalue weighted by molar-refractivity contribution is 0.277. The van der Waals surface area contributed by atoms with Crippen molar-refractivity contribution in [1.82, 2.24) is 14.9 Å². The minimum Gasteiger partial charge on any atom is -0.392 e. The van der Waals surface area contributed by atoms with Gasteiger partial charge in [0, 0.05) is 16.8 Å². The van der Waals surface area contributed by atoms with Crippen molar-refractivity contribution in [3.63, 3.8) is 0 Å². The van der Waals surface area contributed by atoms with Crippen molar-refractivity contribution in [2.75, 3.05) is 0 Å². The number of aromatic nitrogens is 2. The highest BCUT2D eigenvalue weighted by Gasteiger charge is 2.27. The summed E-state index contributed by atoms with van der Waals surface area (Å²) in [6.45, 7) is 6.52. The molecule has 3 N–H and O–H groups in total. The number of aromatic amines is 1. The molecule has 0 aliphatic rings. The second-order valence-electron chi connectivity index (χ2n) is 4.65. The van der Waals surface area contributed by atoms with Gasteiger partial charge in [-0.15, -0.1) is 0 Å². The molecule has 0 fully saturated rings. The van der Waals surface area contributed by atoms with E-state index >= 15 is 0 Å². The van der Waals surface area contributed by atoms with Crippen molar-refractivity contribution < 1.29 is 13.5 Å². The van der Waals surface area contributed by atoms with Gasteiger partial charge in [-0.1, -0.05) is 0 Å². The summed E-state index contributed by atoms with van der Waals surface area (Å²) in [7, 11) is -3.69. The maximum atomic E-state index is 11.9. The van der Waals surface area contributed by atoms with Gasteiger partial charge in [-0.05, 0) is 27.7 Å². The molecule has 0 radical (unpaired) electrons. The Morgan fingerprint density at radius 2 is 2.00 bits per heavy atom. The van der Waals surface area contributed by atoms with Crippen LogP contribution in [0.2, 0.25) is 0 Å². The van der Waals surface area contributed by atoms with Gasteiger partial charge in [-0.25, -0.2) is 13.1 Å². The molecular formula is C9H17N3O3S. The summed E-state index contributed by atoms with van der Waals surface area (Å²) < 4.78 is 26.4. The zero-order valence-corrected chi connectivity index (χ0v) is 10.6. The largest absolute Gasteiger partial charge is 0.392 e. The molecule has 0 amide bonds. The van der Waals surface area contributed by atoms with E-state index in [1.165, 1.54) is 0 Å². The highest BCUT2D eigenvalue weighted by atomic mass is 32.2. The smallest absolute Gasteiger partial charge is 0.260 e. The first-order chi connectivity index (χ1) is 7.17. The van der Waals surface area contributed by atoms with Gasteiger partial charge in [0.15, 0.2) is 5.03 Å². The number of hydrogen-bond acceptors (Lipinski definition) is 4. The number of hydrogen-bond donors (Lipinski definition) is 3. The second kappa shape index (κ2) is 4.15. The lowest BCUT2D eigenvalue weighted by atomic mass is 10.1. The van der Waals surface area contributed by atoms with Crippen LogP contribution in [0.25, 0.3) is 0 Å². The standard InChI is InChI=1S/C9H17N3O3S/c1-6-7(5-13)8(11-10-6)16(14,15)12-9(2,3)4/h12-13H,5H2,1-4H3,(H,10,11). The summed E-state index contributed by atoms with van der Waals surface area (Å²) in [5.74, 6) is 0. The molecule has 16 heavy (non-hydrogen) atoms. The Kier molecular flexibility index (Phi) is 3.41. The number of aliphatic hydroxyl groups excluding tert-OH is 1. The van der Waals surface area contributed by atoms with Gasteiger partial charge in [-0.2, -0.15) is 5.10 Å². The Morgan fingerprint density at radius 3 is 2.44 bits per heavy atom. The fourth-order valence-electron chi connectivity index (χ4n) is 1.29. The molecule has 0 aromatic carbocycles. The summed E-state index contributed by atoms with van der Waals surface area (Å²) in [5.41, 5.74) is 0.270. The summed E-state index contributed by atoms with van der Waals surface area (Å²) >= 11 is 0. The number of rotatable bonds is 3. The van der Waals surface area contributed by atoms with E-state index < -0.39 is 15.6 Å². The van der Waals surface area contributed by atoms with E-state index in [0.717, 1.165) is 0 Å². The minimum absolute atomic E-state index is 0.137. The lowest BCUT2D eigenvalue weighted by Gasteiger charge is -2.19. The maximum Gasteiger partial charge on any atom is 0.260 e. The Bertz CT molecular complexity index is 471. The number of aliphatic hydroxyl groups is 1. The molecule has 0 spiro atoms. The van der Waals surface area contributed by atoms with Crippen LogP contribution in [-0.4, -0.2) is 29.3 Å². The molecular weight excluding hydrogens is 230 g/mol. The Morgan fingerprint density at radius 1 is 1.44 bits per heavy atom. The third-order valence-corrected chi connectivity index (χ3v) is 3.62. The minimum atomic E-state index is -3.69. The fraction of sp³-hybridized carbons (Fsp3) is 0.667. The van der Waals surface area contributed by atoms with Crippen molar-refractivity contribution >= 4 is 10.0 Å². The predicted octanol–water partition coefficient (Wildman–Crippen LogP) is 0.287. The lowest BCUT2D eigenvalue weighted by Crippen LogP contribution is -2.41. The molecule has 1 aromatic rings. The van der Waals surface area contributed by atoms with Gasteiger partial charge in [-0.3, -0.25) is 5.10 Å². The Hall–Kier alpha value is -0.920. The van der Waals surface area contributed by atoms with E-state index in [-0.39, 0.29) is 11.6 Å². The van der Waals surface area contributed by atoms with Crippen LogP contribution in [0.15, 0.2) is 5.03 Å². The normalized spacial score (nSPS) is 13.1. The SMILES string of the molecule is Cc1[nH]nc(S(=O)(=O)NC(C)(C)C)c1CO. The van der Waals surface area contributed by atoms with E-state index in [1.54, 1.807) is 27.7 Å². The highest BCUT2D eigenvalue weighted by Crippen LogP contribution is 2.17. The van der Waals surface area contributed by atoms with Crippen molar-refractivity contribution in [2.45, 2.75) is 44.9 Å². The van der Waals surface area contributed by atoms with Crippen LogP contribution in [0.1, 0.15) is 32.0 Å². The molecule has 0 bridgehead atoms. The topological polar surface area (TPSA) is 95.1 Å². The third-order valence-electron chi connectivity index (χ3n) is 1.89. The van der Waals surface area contributed by atoms with E-state index in [1.807, 2.05) is 0 Å². The molecule has 0 atom stereocenters. The molecule has 0 unspecified atom stereocenters. The summed E-state index contributed by atoms with van der Waals surface area (Å²) in [6.07, 6.45) is 0. The van der Waals surface area contributed by atoms with E-state index in [9.17, 15) is 8.42 Å². The number of nitrogens with zero attached hydrogens (tertiary/aromatic N) is 1. The summed E-state index contributed by atoms with van der Waals surface area (Å²) in [4.78, 5) is 0. The fourth-order valence-corrected chi connectivity index (χ4v) is 2.90. The van der Waals surface area contributed by atoms with Crippen LogP contribution in [0.4, 0.5) is 0 Å². The third kappa shape index (κ3) is 2.81. The number of nitrogens with one attached hydrogen (secondary N) is 2.